The summed E-state index contributed by atoms with van der Waals surface area (Å²) in [4.78, 5) is 0. The molecular formula is C7H15NO4. The van der Waals surface area contributed by atoms with Crippen LogP contribution in [-0.4, -0.2) is 53.0 Å². The summed E-state index contributed by atoms with van der Waals surface area (Å²) < 4.78 is 4.96. The van der Waals surface area contributed by atoms with E-state index in [4.69, 9.17) is 4.74 Å². The molecule has 4 N–H and O–H groups in total. The monoisotopic (exact) mass is 177 g/mol. The van der Waals surface area contributed by atoms with E-state index in [2.05, 4.69) is 5.32 Å². The molecule has 0 aromatic carbocycles. The van der Waals surface area contributed by atoms with E-state index < -0.39 is 30.6 Å². The Bertz CT molecular complexity index is 154. The second kappa shape index (κ2) is 3.68. The second-order valence-electron chi connectivity index (χ2n) is 3.03. The summed E-state index contributed by atoms with van der Waals surface area (Å²) in [7, 11) is 1.59. The molecule has 12 heavy (non-hydrogen) atoms. The van der Waals surface area contributed by atoms with Crippen molar-refractivity contribution in [3.63, 3.8) is 0 Å². The topological polar surface area (TPSA) is 82.0 Å². The molecule has 0 spiro atoms. The van der Waals surface area contributed by atoms with Gasteiger partial charge in [-0.2, -0.15) is 0 Å². The van der Waals surface area contributed by atoms with E-state index in [1.807, 2.05) is 0 Å². The van der Waals surface area contributed by atoms with Gasteiger partial charge in [-0.05, 0) is 14.0 Å². The van der Waals surface area contributed by atoms with Crippen molar-refractivity contribution in [3.05, 3.63) is 0 Å². The third kappa shape index (κ3) is 1.60. The van der Waals surface area contributed by atoms with E-state index in [1.165, 1.54) is 0 Å². The molecule has 72 valence electrons. The Morgan fingerprint density at radius 3 is 2.25 bits per heavy atom. The van der Waals surface area contributed by atoms with Crippen molar-refractivity contribution in [2.75, 3.05) is 7.05 Å². The lowest BCUT2D eigenvalue weighted by Gasteiger charge is -2.39. The van der Waals surface area contributed by atoms with Gasteiger partial charge >= 0.3 is 0 Å². The third-order valence-electron chi connectivity index (χ3n) is 2.19. The number of hydrogen-bond donors (Lipinski definition) is 4. The first-order chi connectivity index (χ1) is 5.57. The third-order valence-corrected chi connectivity index (χ3v) is 2.19. The van der Waals surface area contributed by atoms with Crippen molar-refractivity contribution in [3.8, 4) is 0 Å². The lowest BCUT2D eigenvalue weighted by molar-refractivity contribution is -0.242. The molecule has 1 rings (SSSR count). The van der Waals surface area contributed by atoms with E-state index in [1.54, 1.807) is 14.0 Å². The maximum absolute atomic E-state index is 9.43. The molecule has 5 heteroatoms. The zero-order valence-corrected chi connectivity index (χ0v) is 7.14. The minimum atomic E-state index is -1.07. The minimum Gasteiger partial charge on any atom is -0.388 e. The van der Waals surface area contributed by atoms with Crippen LogP contribution in [-0.2, 0) is 4.74 Å². The van der Waals surface area contributed by atoms with Gasteiger partial charge < -0.3 is 25.4 Å². The second-order valence-corrected chi connectivity index (χ2v) is 3.03. The molecule has 1 saturated heterocycles. The SMILES string of the molecule is CN[C@@H]1C(O)O[C@H](C)[C@H](O)[C@@H]1O. The van der Waals surface area contributed by atoms with Crippen LogP contribution in [0.3, 0.4) is 0 Å². The normalized spacial score (nSPS) is 49.2. The average Bonchev–Trinajstić information content (AvgIpc) is 2.01. The van der Waals surface area contributed by atoms with Crippen LogP contribution < -0.4 is 5.32 Å². The van der Waals surface area contributed by atoms with Crippen LogP contribution in [0.2, 0.25) is 0 Å². The Labute approximate surface area is 71.0 Å². The summed E-state index contributed by atoms with van der Waals surface area (Å²) in [5.74, 6) is 0. The quantitative estimate of drug-likeness (QED) is 0.373. The van der Waals surface area contributed by atoms with Crippen molar-refractivity contribution in [1.82, 2.24) is 5.32 Å². The summed E-state index contributed by atoms with van der Waals surface area (Å²) in [6.07, 6.45) is -3.55. The molecule has 0 radical (unpaired) electrons. The molecule has 1 unspecified atom stereocenters. The number of rotatable bonds is 1. The highest BCUT2D eigenvalue weighted by Gasteiger charge is 2.40. The molecule has 0 amide bonds. The van der Waals surface area contributed by atoms with Crippen molar-refractivity contribution in [2.45, 2.75) is 37.6 Å². The van der Waals surface area contributed by atoms with E-state index >= 15 is 0 Å². The predicted octanol–water partition coefficient (Wildman–Crippen LogP) is -1.97. The van der Waals surface area contributed by atoms with Gasteiger partial charge in [-0.3, -0.25) is 0 Å². The molecule has 1 aliphatic heterocycles. The van der Waals surface area contributed by atoms with Crippen LogP contribution in [0.1, 0.15) is 6.92 Å². The smallest absolute Gasteiger partial charge is 0.173 e. The Kier molecular flexibility index (Phi) is 3.03. The summed E-state index contributed by atoms with van der Waals surface area (Å²) in [5, 5.41) is 30.7. The average molecular weight is 177 g/mol. The number of aliphatic hydroxyl groups is 3. The standard InChI is InChI=1S/C7H15NO4/c1-3-5(9)6(10)4(8-2)7(11)12-3/h3-11H,1-2H3/t3-,4+,5+,6-,7?/m1/s1. The highest BCUT2D eigenvalue weighted by molar-refractivity contribution is 4.90. The van der Waals surface area contributed by atoms with Crippen LogP contribution in [0.15, 0.2) is 0 Å². The molecular weight excluding hydrogens is 162 g/mol. The van der Waals surface area contributed by atoms with Crippen LogP contribution in [0.5, 0.6) is 0 Å². The summed E-state index contributed by atoms with van der Waals surface area (Å²) >= 11 is 0. The fourth-order valence-electron chi connectivity index (χ4n) is 1.36. The Morgan fingerprint density at radius 2 is 1.75 bits per heavy atom. The van der Waals surface area contributed by atoms with E-state index in [0.717, 1.165) is 0 Å². The number of likely N-dealkylation sites (N-methyl/N-ethyl adjacent to an activating group) is 1. The summed E-state index contributed by atoms with van der Waals surface area (Å²) in [6, 6.07) is -0.629. The molecule has 0 aromatic rings. The lowest BCUT2D eigenvalue weighted by Crippen LogP contribution is -2.61. The van der Waals surface area contributed by atoms with E-state index in [-0.39, 0.29) is 0 Å². The Hall–Kier alpha value is -0.200. The molecule has 0 saturated carbocycles. The largest absolute Gasteiger partial charge is 0.388 e. The maximum Gasteiger partial charge on any atom is 0.173 e. The zero-order chi connectivity index (χ0) is 9.30. The number of nitrogens with one attached hydrogen (secondary N) is 1. The molecule has 0 aromatic heterocycles. The van der Waals surface area contributed by atoms with Crippen LogP contribution >= 0.6 is 0 Å². The maximum atomic E-state index is 9.43. The van der Waals surface area contributed by atoms with Gasteiger partial charge in [-0.25, -0.2) is 0 Å². The van der Waals surface area contributed by atoms with E-state index in [0.29, 0.717) is 0 Å². The number of aliphatic hydroxyl groups excluding tert-OH is 3. The summed E-state index contributed by atoms with van der Waals surface area (Å²) in [6.45, 7) is 1.60. The highest BCUT2D eigenvalue weighted by atomic mass is 16.6. The van der Waals surface area contributed by atoms with Gasteiger partial charge in [-0.1, -0.05) is 0 Å². The summed E-state index contributed by atoms with van der Waals surface area (Å²) in [5.41, 5.74) is 0. The molecule has 1 aliphatic rings. The fourth-order valence-corrected chi connectivity index (χ4v) is 1.36. The van der Waals surface area contributed by atoms with Gasteiger partial charge in [0.15, 0.2) is 6.29 Å². The number of ether oxygens (including phenoxy) is 1. The van der Waals surface area contributed by atoms with Crippen molar-refractivity contribution < 1.29 is 20.1 Å². The van der Waals surface area contributed by atoms with Gasteiger partial charge in [-0.15, -0.1) is 0 Å². The minimum absolute atomic E-state index is 0.542. The Balaban J connectivity index is 2.65. The van der Waals surface area contributed by atoms with Crippen LogP contribution in [0, 0.1) is 0 Å². The predicted molar refractivity (Wildman–Crippen MR) is 41.4 cm³/mol. The van der Waals surface area contributed by atoms with Gasteiger partial charge in [0.25, 0.3) is 0 Å². The molecule has 1 fully saturated rings. The molecule has 5 nitrogen and oxygen atoms in total. The van der Waals surface area contributed by atoms with Gasteiger partial charge in [0, 0.05) is 0 Å². The van der Waals surface area contributed by atoms with Gasteiger partial charge in [0.05, 0.1) is 12.1 Å². The molecule has 0 bridgehead atoms. The van der Waals surface area contributed by atoms with E-state index in [9.17, 15) is 15.3 Å². The first kappa shape index (κ1) is 9.88. The first-order valence-electron chi connectivity index (χ1n) is 3.95. The Morgan fingerprint density at radius 1 is 1.17 bits per heavy atom. The fraction of sp³-hybridized carbons (Fsp3) is 1.00. The highest BCUT2D eigenvalue weighted by Crippen LogP contribution is 2.18. The number of hydrogen-bond acceptors (Lipinski definition) is 5. The molecule has 5 atom stereocenters. The van der Waals surface area contributed by atoms with Crippen molar-refractivity contribution in [1.29, 1.82) is 0 Å². The van der Waals surface area contributed by atoms with Crippen molar-refractivity contribution >= 4 is 0 Å². The van der Waals surface area contributed by atoms with Crippen LogP contribution in [0.25, 0.3) is 0 Å². The lowest BCUT2D eigenvalue weighted by atomic mass is 9.98. The molecule has 1 heterocycles. The zero-order valence-electron chi connectivity index (χ0n) is 7.14. The first-order valence-corrected chi connectivity index (χ1v) is 3.95. The molecule has 0 aliphatic carbocycles. The van der Waals surface area contributed by atoms with Crippen LogP contribution in [0.4, 0.5) is 0 Å². The van der Waals surface area contributed by atoms with Gasteiger partial charge in [0.1, 0.15) is 12.2 Å². The van der Waals surface area contributed by atoms with Crippen molar-refractivity contribution in [2.24, 2.45) is 0 Å². The van der Waals surface area contributed by atoms with Gasteiger partial charge in [0.2, 0.25) is 0 Å².